The molecular formula is C31H28N8O9S. The Hall–Kier alpha value is -5.49. The number of aromatic nitrogens is 6. The molecule has 8 rings (SSSR count). The number of rotatable bonds is 3. The highest BCUT2D eigenvalue weighted by molar-refractivity contribution is 8.00. The van der Waals surface area contributed by atoms with Gasteiger partial charge in [0, 0.05) is 17.6 Å². The summed E-state index contributed by atoms with van der Waals surface area (Å²) in [6.45, 7) is 9.63. The summed E-state index contributed by atoms with van der Waals surface area (Å²) in [4.78, 5) is 45.3. The summed E-state index contributed by atoms with van der Waals surface area (Å²) in [6.07, 6.45) is 5.30. The number of fused-ring (bicyclic) bond motifs is 19. The minimum atomic E-state index is -1.43. The van der Waals surface area contributed by atoms with Gasteiger partial charge < -0.3 is 41.3 Å². The Morgan fingerprint density at radius 1 is 0.816 bits per heavy atom. The van der Waals surface area contributed by atoms with Crippen LogP contribution in [0.2, 0.25) is 0 Å². The SMILES string of the molecule is COC12COC(=N1)c1coc(n1)-c1nc(oc1C)-c1nc(oc1C)[C@H](CSC(C)(C)C)NC(=O)c1coc(n1)-c1coc(n1)-c1coc2n1. The number of aliphatic imine (C=N–C) groups is 1. The molecule has 0 fully saturated rings. The summed E-state index contributed by atoms with van der Waals surface area (Å²) < 4.78 is 46.4. The van der Waals surface area contributed by atoms with Crippen LogP contribution in [0, 0.1) is 13.8 Å². The molecule has 1 amide bonds. The molecule has 2 aliphatic heterocycles. The fourth-order valence-electron chi connectivity index (χ4n) is 5.05. The van der Waals surface area contributed by atoms with Crippen molar-refractivity contribution in [2.75, 3.05) is 19.5 Å². The van der Waals surface area contributed by atoms with Crippen molar-refractivity contribution in [3.63, 3.8) is 0 Å². The Balaban J connectivity index is 1.23. The number of thioether (sulfide) groups is 1. The largest absolute Gasteiger partial charge is 0.470 e. The van der Waals surface area contributed by atoms with Crippen molar-refractivity contribution in [3.05, 3.63) is 59.7 Å². The van der Waals surface area contributed by atoms with Crippen LogP contribution in [0.1, 0.15) is 66.3 Å². The van der Waals surface area contributed by atoms with Crippen molar-refractivity contribution in [3.8, 4) is 46.3 Å². The molecule has 6 aromatic heterocycles. The van der Waals surface area contributed by atoms with E-state index in [9.17, 15) is 4.79 Å². The first-order valence-electron chi connectivity index (χ1n) is 15.0. The molecule has 0 aromatic carbocycles. The highest BCUT2D eigenvalue weighted by atomic mass is 32.2. The van der Waals surface area contributed by atoms with Crippen LogP contribution in [0.5, 0.6) is 0 Å². The Morgan fingerprint density at radius 3 is 2.22 bits per heavy atom. The van der Waals surface area contributed by atoms with E-state index in [1.807, 2.05) is 0 Å². The van der Waals surface area contributed by atoms with Crippen LogP contribution >= 0.6 is 11.8 Å². The molecule has 1 N–H and O–H groups in total. The van der Waals surface area contributed by atoms with E-state index in [4.69, 9.17) is 41.0 Å². The number of carbonyl (C=O) groups excluding carboxylic acids is 1. The standard InChI is InChI=1S/C31H28N8O9S/c1-13-20-27-35-18(9-44-27)26-39-31(41-6,12-46-26)29-36-17(10-45-29)24-34-16(8-43-24)23-33-15(7-42-23)22(40)32-19(11-49-30(3,4)5)25-37-21(14(2)47-25)28(38-20)48-13/h7-10,19H,11-12H2,1-6H3,(H,32,40)/t19-,31?/m0/s1. The lowest BCUT2D eigenvalue weighted by atomic mass is 10.2. The number of nitrogens with one attached hydrogen (secondary N) is 1. The Labute approximate surface area is 280 Å². The van der Waals surface area contributed by atoms with Crippen LogP contribution in [0.3, 0.4) is 0 Å². The molecule has 2 aliphatic rings. The summed E-state index contributed by atoms with van der Waals surface area (Å²) in [7, 11) is 1.45. The first kappa shape index (κ1) is 30.8. The van der Waals surface area contributed by atoms with Crippen molar-refractivity contribution in [2.24, 2.45) is 4.99 Å². The third kappa shape index (κ3) is 5.51. The van der Waals surface area contributed by atoms with Crippen molar-refractivity contribution < 1.29 is 40.8 Å². The van der Waals surface area contributed by atoms with Gasteiger partial charge in [-0.15, -0.1) is 0 Å². The van der Waals surface area contributed by atoms with Crippen LogP contribution in [-0.2, 0) is 15.2 Å². The molecule has 0 saturated heterocycles. The maximum Gasteiger partial charge on any atom is 0.274 e. The van der Waals surface area contributed by atoms with E-state index in [0.29, 0.717) is 28.7 Å². The van der Waals surface area contributed by atoms with E-state index in [1.165, 1.54) is 32.2 Å². The molecule has 0 aliphatic carbocycles. The first-order valence-corrected chi connectivity index (χ1v) is 16.0. The maximum absolute atomic E-state index is 13.5. The highest BCUT2D eigenvalue weighted by Gasteiger charge is 2.45. The van der Waals surface area contributed by atoms with Crippen LogP contribution in [-0.4, -0.2) is 65.9 Å². The third-order valence-electron chi connectivity index (χ3n) is 7.57. The summed E-state index contributed by atoms with van der Waals surface area (Å²) >= 11 is 1.63. The average Bonchev–Trinajstić information content (AvgIpc) is 3.91. The molecule has 252 valence electrons. The maximum atomic E-state index is 13.5. The van der Waals surface area contributed by atoms with Gasteiger partial charge in [-0.3, -0.25) is 4.79 Å². The first-order chi connectivity index (χ1) is 23.5. The second kappa shape index (κ2) is 11.3. The Kier molecular flexibility index (Phi) is 7.11. The van der Waals surface area contributed by atoms with E-state index in [2.05, 4.69) is 56.0 Å². The molecule has 18 heteroatoms. The van der Waals surface area contributed by atoms with Crippen molar-refractivity contribution in [2.45, 2.75) is 51.1 Å². The average molecular weight is 689 g/mol. The number of ether oxygens (including phenoxy) is 2. The fourth-order valence-corrected chi connectivity index (χ4v) is 5.94. The number of amides is 1. The highest BCUT2D eigenvalue weighted by Crippen LogP contribution is 2.37. The molecule has 0 radical (unpaired) electrons. The van der Waals surface area contributed by atoms with Gasteiger partial charge in [-0.05, 0) is 13.8 Å². The minimum Gasteiger partial charge on any atom is -0.470 e. The van der Waals surface area contributed by atoms with E-state index in [1.54, 1.807) is 25.6 Å². The summed E-state index contributed by atoms with van der Waals surface area (Å²) in [5, 5.41) is 2.98. The lowest BCUT2D eigenvalue weighted by Gasteiger charge is -2.21. The van der Waals surface area contributed by atoms with E-state index >= 15 is 0 Å². The predicted molar refractivity (Wildman–Crippen MR) is 168 cm³/mol. The van der Waals surface area contributed by atoms with E-state index in [-0.39, 0.29) is 75.4 Å². The van der Waals surface area contributed by atoms with Gasteiger partial charge in [-0.1, -0.05) is 20.8 Å². The number of methoxy groups -OCH3 is 1. The summed E-state index contributed by atoms with van der Waals surface area (Å²) in [5.74, 6) is 1.80. The molecular weight excluding hydrogens is 660 g/mol. The number of aryl methyl sites for hydroxylation is 2. The van der Waals surface area contributed by atoms with Gasteiger partial charge in [0.2, 0.25) is 35.4 Å². The Bertz CT molecular complexity index is 2230. The summed E-state index contributed by atoms with van der Waals surface area (Å²) in [6, 6.07) is -0.647. The Morgan fingerprint density at radius 2 is 1.45 bits per heavy atom. The van der Waals surface area contributed by atoms with E-state index in [0.717, 1.165) is 0 Å². The second-order valence-electron chi connectivity index (χ2n) is 12.2. The lowest BCUT2D eigenvalue weighted by Crippen LogP contribution is -2.31. The quantitative estimate of drug-likeness (QED) is 0.243. The van der Waals surface area contributed by atoms with Gasteiger partial charge in [0.1, 0.15) is 49.2 Å². The van der Waals surface area contributed by atoms with Crippen molar-refractivity contribution in [1.29, 1.82) is 0 Å². The number of hydrogen-bond acceptors (Lipinski definition) is 17. The van der Waals surface area contributed by atoms with Gasteiger partial charge in [0.25, 0.3) is 17.5 Å². The topological polar surface area (TPSA) is 216 Å². The van der Waals surface area contributed by atoms with Gasteiger partial charge in [0.15, 0.2) is 34.2 Å². The normalized spacial score (nSPS) is 18.9. The summed E-state index contributed by atoms with van der Waals surface area (Å²) in [5.41, 5.74) is 0.0568. The molecule has 0 spiro atoms. The van der Waals surface area contributed by atoms with Crippen LogP contribution in [0.25, 0.3) is 46.3 Å². The van der Waals surface area contributed by atoms with Crippen LogP contribution in [0.15, 0.2) is 56.5 Å². The van der Waals surface area contributed by atoms with Crippen LogP contribution < -0.4 is 5.32 Å². The smallest absolute Gasteiger partial charge is 0.274 e. The zero-order valence-electron chi connectivity index (χ0n) is 27.0. The zero-order valence-corrected chi connectivity index (χ0v) is 27.8. The molecule has 2 atom stereocenters. The fraction of sp³-hybridized carbons (Fsp3) is 0.355. The molecule has 49 heavy (non-hydrogen) atoms. The number of oxazole rings is 6. The lowest BCUT2D eigenvalue weighted by molar-refractivity contribution is -0.0453. The molecule has 8 heterocycles. The number of nitrogens with zero attached hydrogens (tertiary/aromatic N) is 7. The van der Waals surface area contributed by atoms with E-state index < -0.39 is 17.7 Å². The second-order valence-corrected chi connectivity index (χ2v) is 14.0. The predicted octanol–water partition coefficient (Wildman–Crippen LogP) is 5.49. The minimum absolute atomic E-state index is 0.0159. The van der Waals surface area contributed by atoms with Gasteiger partial charge in [0.05, 0.1) is 0 Å². The van der Waals surface area contributed by atoms with Crippen molar-refractivity contribution >= 4 is 23.6 Å². The number of hydrogen-bond donors (Lipinski definition) is 1. The molecule has 14 bridgehead atoms. The number of carbonyl (C=O) groups is 1. The van der Waals surface area contributed by atoms with Crippen LogP contribution in [0.4, 0.5) is 0 Å². The van der Waals surface area contributed by atoms with Gasteiger partial charge in [-0.25, -0.2) is 34.9 Å². The van der Waals surface area contributed by atoms with Gasteiger partial charge in [-0.2, -0.15) is 11.8 Å². The monoisotopic (exact) mass is 688 g/mol. The third-order valence-corrected chi connectivity index (χ3v) is 8.93. The molecule has 6 aromatic rings. The zero-order chi connectivity index (χ0) is 34.1. The van der Waals surface area contributed by atoms with Gasteiger partial charge >= 0.3 is 0 Å². The molecule has 0 saturated carbocycles. The molecule has 17 nitrogen and oxygen atoms in total. The van der Waals surface area contributed by atoms with Crippen molar-refractivity contribution in [1.82, 2.24) is 35.2 Å². The molecule has 1 unspecified atom stereocenters.